The molecule has 0 amide bonds. The summed E-state index contributed by atoms with van der Waals surface area (Å²) in [6.07, 6.45) is 2.46. The van der Waals surface area contributed by atoms with Crippen LogP contribution in [0.15, 0.2) is 18.2 Å². The molecule has 4 nitrogen and oxygen atoms in total. The van der Waals surface area contributed by atoms with Gasteiger partial charge < -0.3 is 10.1 Å². The Balaban J connectivity index is 2.34. The molecule has 1 aromatic rings. The van der Waals surface area contributed by atoms with Crippen molar-refractivity contribution in [1.29, 1.82) is 5.26 Å². The van der Waals surface area contributed by atoms with Gasteiger partial charge in [0, 0.05) is 6.04 Å². The normalized spacial score (nSPS) is 23.3. The molecule has 1 N–H and O–H groups in total. The van der Waals surface area contributed by atoms with Crippen LogP contribution in [0.1, 0.15) is 30.0 Å². The lowest BCUT2D eigenvalue weighted by molar-refractivity contribution is 0.121. The Morgan fingerprint density at radius 2 is 2.30 bits per heavy atom. The average molecular weight is 273 g/mol. The van der Waals surface area contributed by atoms with Gasteiger partial charge in [0.25, 0.3) is 0 Å². The van der Waals surface area contributed by atoms with Crippen molar-refractivity contribution in [3.05, 3.63) is 29.3 Å². The van der Waals surface area contributed by atoms with Crippen LogP contribution >= 0.6 is 0 Å². The zero-order valence-electron chi connectivity index (χ0n) is 12.5. The van der Waals surface area contributed by atoms with Crippen LogP contribution in [-0.2, 0) is 0 Å². The van der Waals surface area contributed by atoms with Gasteiger partial charge in [0.2, 0.25) is 0 Å². The van der Waals surface area contributed by atoms with Crippen LogP contribution in [0.3, 0.4) is 0 Å². The number of nitrogens with one attached hydrogen (secondary N) is 1. The van der Waals surface area contributed by atoms with E-state index in [0.717, 1.165) is 13.1 Å². The highest BCUT2D eigenvalue weighted by Gasteiger charge is 2.30. The predicted molar refractivity (Wildman–Crippen MR) is 79.7 cm³/mol. The number of hydrogen-bond acceptors (Lipinski definition) is 4. The molecule has 0 radical (unpaired) electrons. The van der Waals surface area contributed by atoms with Gasteiger partial charge in [-0.05, 0) is 63.6 Å². The fourth-order valence-electron chi connectivity index (χ4n) is 3.26. The van der Waals surface area contributed by atoms with E-state index < -0.39 is 0 Å². The number of nitrogens with zero attached hydrogens (tertiary/aromatic N) is 2. The first-order valence-corrected chi connectivity index (χ1v) is 7.14. The van der Waals surface area contributed by atoms with E-state index in [0.29, 0.717) is 23.3 Å². The summed E-state index contributed by atoms with van der Waals surface area (Å²) in [6, 6.07) is 8.58. The number of likely N-dealkylation sites (tertiary alicyclic amines) is 1. The first kappa shape index (κ1) is 14.8. The van der Waals surface area contributed by atoms with Crippen LogP contribution in [0.2, 0.25) is 0 Å². The van der Waals surface area contributed by atoms with Gasteiger partial charge in [-0.25, -0.2) is 0 Å². The topological polar surface area (TPSA) is 48.3 Å². The van der Waals surface area contributed by atoms with Crippen molar-refractivity contribution in [2.75, 3.05) is 34.3 Å². The minimum absolute atomic E-state index is 0.370. The maximum Gasteiger partial charge on any atom is 0.136 e. The van der Waals surface area contributed by atoms with Crippen molar-refractivity contribution < 1.29 is 4.74 Å². The van der Waals surface area contributed by atoms with Crippen LogP contribution in [0.4, 0.5) is 0 Å². The van der Waals surface area contributed by atoms with Gasteiger partial charge in [-0.1, -0.05) is 6.07 Å². The van der Waals surface area contributed by atoms with Crippen LogP contribution in [0, 0.1) is 17.2 Å². The second-order valence-electron chi connectivity index (χ2n) is 5.46. The van der Waals surface area contributed by atoms with Crippen LogP contribution in [-0.4, -0.2) is 39.2 Å². The lowest BCUT2D eigenvalue weighted by atomic mass is 9.84. The molecule has 0 aromatic heterocycles. The number of hydrogen-bond donors (Lipinski definition) is 1. The molecule has 1 aromatic carbocycles. The molecular formula is C16H23N3O. The van der Waals surface area contributed by atoms with Crippen molar-refractivity contribution >= 4 is 0 Å². The minimum atomic E-state index is 0.370. The summed E-state index contributed by atoms with van der Waals surface area (Å²) in [6.45, 7) is 2.11. The Morgan fingerprint density at radius 1 is 1.50 bits per heavy atom. The number of nitriles is 1. The zero-order valence-corrected chi connectivity index (χ0v) is 12.5. The summed E-state index contributed by atoms with van der Waals surface area (Å²) in [4.78, 5) is 2.40. The third kappa shape index (κ3) is 2.95. The third-order valence-electron chi connectivity index (χ3n) is 4.16. The molecule has 1 aliphatic heterocycles. The highest BCUT2D eigenvalue weighted by Crippen LogP contribution is 2.36. The van der Waals surface area contributed by atoms with Crippen LogP contribution < -0.4 is 10.1 Å². The van der Waals surface area contributed by atoms with E-state index in [1.165, 1.54) is 18.4 Å². The van der Waals surface area contributed by atoms with Crippen molar-refractivity contribution in [2.24, 2.45) is 5.92 Å². The summed E-state index contributed by atoms with van der Waals surface area (Å²) < 4.78 is 5.23. The SMILES string of the molecule is CNCC1CCCN(C)C1c1ccc(OC)c(C#N)c1. The minimum Gasteiger partial charge on any atom is -0.495 e. The Kier molecular flexibility index (Phi) is 4.99. The molecule has 1 aliphatic rings. The first-order valence-electron chi connectivity index (χ1n) is 7.14. The smallest absolute Gasteiger partial charge is 0.136 e. The van der Waals surface area contributed by atoms with Gasteiger partial charge in [-0.15, -0.1) is 0 Å². The van der Waals surface area contributed by atoms with Crippen molar-refractivity contribution in [2.45, 2.75) is 18.9 Å². The van der Waals surface area contributed by atoms with E-state index in [9.17, 15) is 5.26 Å². The predicted octanol–water partition coefficient (Wildman–Crippen LogP) is 2.17. The molecule has 108 valence electrons. The van der Waals surface area contributed by atoms with Gasteiger partial charge in [-0.3, -0.25) is 4.90 Å². The fourth-order valence-corrected chi connectivity index (χ4v) is 3.26. The molecule has 0 aliphatic carbocycles. The number of methoxy groups -OCH3 is 1. The molecule has 2 unspecified atom stereocenters. The monoisotopic (exact) mass is 273 g/mol. The summed E-state index contributed by atoms with van der Waals surface area (Å²) in [5.41, 5.74) is 1.83. The lowest BCUT2D eigenvalue weighted by Gasteiger charge is -2.39. The van der Waals surface area contributed by atoms with E-state index in [1.807, 2.05) is 19.2 Å². The molecule has 20 heavy (non-hydrogen) atoms. The number of benzene rings is 1. The third-order valence-corrected chi connectivity index (χ3v) is 4.16. The highest BCUT2D eigenvalue weighted by molar-refractivity contribution is 5.46. The van der Waals surface area contributed by atoms with Crippen molar-refractivity contribution in [3.63, 3.8) is 0 Å². The molecule has 1 saturated heterocycles. The van der Waals surface area contributed by atoms with E-state index in [2.05, 4.69) is 29.4 Å². The molecule has 1 fully saturated rings. The van der Waals surface area contributed by atoms with E-state index in [-0.39, 0.29) is 0 Å². The fraction of sp³-hybridized carbons (Fsp3) is 0.562. The number of piperidine rings is 1. The van der Waals surface area contributed by atoms with Crippen molar-refractivity contribution in [1.82, 2.24) is 10.2 Å². The second kappa shape index (κ2) is 6.74. The number of rotatable bonds is 4. The largest absolute Gasteiger partial charge is 0.495 e. The van der Waals surface area contributed by atoms with Crippen molar-refractivity contribution in [3.8, 4) is 11.8 Å². The molecule has 0 spiro atoms. The van der Waals surface area contributed by atoms with Gasteiger partial charge >= 0.3 is 0 Å². The van der Waals surface area contributed by atoms with Gasteiger partial charge in [-0.2, -0.15) is 5.26 Å². The van der Waals surface area contributed by atoms with E-state index >= 15 is 0 Å². The summed E-state index contributed by atoms with van der Waals surface area (Å²) >= 11 is 0. The lowest BCUT2D eigenvalue weighted by Crippen LogP contribution is -2.39. The first-order chi connectivity index (χ1) is 9.71. The molecular weight excluding hydrogens is 250 g/mol. The maximum absolute atomic E-state index is 9.25. The molecule has 0 saturated carbocycles. The maximum atomic E-state index is 9.25. The average Bonchev–Trinajstić information content (AvgIpc) is 2.47. The quantitative estimate of drug-likeness (QED) is 0.913. The standard InChI is InChI=1S/C16H23N3O/c1-18-11-13-5-4-8-19(2)16(13)12-6-7-15(20-3)14(9-12)10-17/h6-7,9,13,16,18H,4-5,8,11H2,1-3H3. The Labute approximate surface area is 121 Å². The Morgan fingerprint density at radius 3 is 2.95 bits per heavy atom. The Hall–Kier alpha value is -1.57. The van der Waals surface area contributed by atoms with Gasteiger partial charge in [0.05, 0.1) is 12.7 Å². The van der Waals surface area contributed by atoms with Gasteiger partial charge in [0.15, 0.2) is 0 Å². The summed E-state index contributed by atoms with van der Waals surface area (Å²) in [5.74, 6) is 1.23. The molecule has 2 atom stereocenters. The second-order valence-corrected chi connectivity index (χ2v) is 5.46. The van der Waals surface area contributed by atoms with E-state index in [4.69, 9.17) is 4.74 Å². The number of ether oxygens (including phenoxy) is 1. The Bertz CT molecular complexity index is 493. The van der Waals surface area contributed by atoms with Crippen LogP contribution in [0.5, 0.6) is 5.75 Å². The molecule has 1 heterocycles. The molecule has 0 bridgehead atoms. The summed E-state index contributed by atoms with van der Waals surface area (Å²) in [5, 5.41) is 12.5. The summed E-state index contributed by atoms with van der Waals surface area (Å²) in [7, 11) is 5.77. The van der Waals surface area contributed by atoms with Crippen LogP contribution in [0.25, 0.3) is 0 Å². The van der Waals surface area contributed by atoms with Gasteiger partial charge in [0.1, 0.15) is 11.8 Å². The zero-order chi connectivity index (χ0) is 14.5. The van der Waals surface area contributed by atoms with E-state index in [1.54, 1.807) is 7.11 Å². The molecule has 2 rings (SSSR count). The highest BCUT2D eigenvalue weighted by atomic mass is 16.5. The molecule has 4 heteroatoms.